The van der Waals surface area contributed by atoms with Gasteiger partial charge < -0.3 is 20.9 Å². The second kappa shape index (κ2) is 4.52. The monoisotopic (exact) mass is 273 g/mol. The molecular weight excluding hydrogens is 258 g/mol. The fraction of sp³-hybridized carbons (Fsp3) is 0.308. The highest BCUT2D eigenvalue weighted by molar-refractivity contribution is 5.92. The van der Waals surface area contributed by atoms with E-state index >= 15 is 0 Å². The van der Waals surface area contributed by atoms with Crippen molar-refractivity contribution in [1.29, 1.82) is 0 Å². The van der Waals surface area contributed by atoms with Gasteiger partial charge in [-0.25, -0.2) is 4.98 Å². The summed E-state index contributed by atoms with van der Waals surface area (Å²) in [6, 6.07) is 3.07. The van der Waals surface area contributed by atoms with Crippen LogP contribution < -0.4 is 21.5 Å². The van der Waals surface area contributed by atoms with Crippen molar-refractivity contribution < 1.29 is 4.79 Å². The normalized spacial score (nSPS) is 19.1. The number of fused-ring (bicyclic) bond motifs is 1. The minimum atomic E-state index is -0.300. The largest absolute Gasteiger partial charge is 0.397 e. The molecule has 0 saturated carbocycles. The molecule has 20 heavy (non-hydrogen) atoms. The summed E-state index contributed by atoms with van der Waals surface area (Å²) in [5.41, 5.74) is 7.59. The molecule has 1 aliphatic heterocycles. The third-order valence-electron chi connectivity index (χ3n) is 3.60. The van der Waals surface area contributed by atoms with Gasteiger partial charge in [0, 0.05) is 13.1 Å². The summed E-state index contributed by atoms with van der Waals surface area (Å²) in [7, 11) is 0. The highest BCUT2D eigenvalue weighted by Crippen LogP contribution is 2.29. The number of piperazine rings is 1. The van der Waals surface area contributed by atoms with Gasteiger partial charge in [0.15, 0.2) is 0 Å². The number of hydrogen-bond acceptors (Lipinski definition) is 5. The summed E-state index contributed by atoms with van der Waals surface area (Å²) in [6.45, 7) is 3.07. The number of hydrogen-bond donors (Lipinski definition) is 3. The lowest BCUT2D eigenvalue weighted by molar-refractivity contribution is -0.122. The first-order chi connectivity index (χ1) is 9.58. The molecule has 0 radical (unpaired) electrons. The number of H-pyrrole nitrogens is 1. The first-order valence-corrected chi connectivity index (χ1v) is 6.39. The summed E-state index contributed by atoms with van der Waals surface area (Å²) >= 11 is 0. The van der Waals surface area contributed by atoms with Crippen molar-refractivity contribution in [1.82, 2.24) is 15.3 Å². The SMILES string of the molecule is CC1C(=O)NCCN1c1cc2nc[nH]c(=O)c2cc1N. The van der Waals surface area contributed by atoms with Gasteiger partial charge in [0.25, 0.3) is 5.56 Å². The number of carbonyl (C=O) groups excluding carboxylic acids is 1. The molecular formula is C13H15N5O2. The Bertz CT molecular complexity index is 739. The van der Waals surface area contributed by atoms with Crippen LogP contribution in [0.1, 0.15) is 6.92 Å². The molecule has 1 atom stereocenters. The molecule has 1 aromatic carbocycles. The zero-order valence-corrected chi connectivity index (χ0v) is 11.0. The summed E-state index contributed by atoms with van der Waals surface area (Å²) < 4.78 is 0. The van der Waals surface area contributed by atoms with Gasteiger partial charge >= 0.3 is 0 Å². The Kier molecular flexibility index (Phi) is 2.81. The van der Waals surface area contributed by atoms with Crippen molar-refractivity contribution in [3.8, 4) is 0 Å². The molecule has 104 valence electrons. The van der Waals surface area contributed by atoms with Gasteiger partial charge in [0.05, 0.1) is 28.6 Å². The molecule has 1 fully saturated rings. The number of aromatic amines is 1. The molecule has 1 amide bonds. The van der Waals surface area contributed by atoms with Crippen LogP contribution in [0, 0.1) is 0 Å². The smallest absolute Gasteiger partial charge is 0.258 e. The van der Waals surface area contributed by atoms with Gasteiger partial charge in [-0.15, -0.1) is 0 Å². The summed E-state index contributed by atoms with van der Waals surface area (Å²) in [6.07, 6.45) is 1.36. The van der Waals surface area contributed by atoms with Crippen LogP contribution in [0.4, 0.5) is 11.4 Å². The van der Waals surface area contributed by atoms with Crippen LogP contribution in [0.3, 0.4) is 0 Å². The van der Waals surface area contributed by atoms with E-state index < -0.39 is 0 Å². The number of benzene rings is 1. The van der Waals surface area contributed by atoms with Gasteiger partial charge in [-0.2, -0.15) is 0 Å². The topological polar surface area (TPSA) is 104 Å². The van der Waals surface area contributed by atoms with E-state index in [1.807, 2.05) is 11.8 Å². The van der Waals surface area contributed by atoms with E-state index in [2.05, 4.69) is 15.3 Å². The van der Waals surface area contributed by atoms with Crippen LogP contribution in [0.2, 0.25) is 0 Å². The molecule has 0 spiro atoms. The lowest BCUT2D eigenvalue weighted by Gasteiger charge is -2.35. The molecule has 0 bridgehead atoms. The van der Waals surface area contributed by atoms with Crippen LogP contribution in [-0.2, 0) is 4.79 Å². The molecule has 1 saturated heterocycles. The first-order valence-electron chi connectivity index (χ1n) is 6.39. The van der Waals surface area contributed by atoms with Gasteiger partial charge in [-0.1, -0.05) is 0 Å². The first kappa shape index (κ1) is 12.5. The van der Waals surface area contributed by atoms with Crippen LogP contribution in [0.5, 0.6) is 0 Å². The predicted octanol–water partition coefficient (Wildman–Crippen LogP) is -0.170. The van der Waals surface area contributed by atoms with E-state index in [0.29, 0.717) is 29.7 Å². The molecule has 7 nitrogen and oxygen atoms in total. The maximum Gasteiger partial charge on any atom is 0.258 e. The van der Waals surface area contributed by atoms with E-state index in [-0.39, 0.29) is 17.5 Å². The molecule has 3 rings (SSSR count). The van der Waals surface area contributed by atoms with E-state index in [0.717, 1.165) is 5.69 Å². The third kappa shape index (κ3) is 1.87. The van der Waals surface area contributed by atoms with E-state index in [1.54, 1.807) is 12.1 Å². The van der Waals surface area contributed by atoms with Crippen LogP contribution >= 0.6 is 0 Å². The highest BCUT2D eigenvalue weighted by atomic mass is 16.2. The van der Waals surface area contributed by atoms with Gasteiger partial charge in [0.1, 0.15) is 6.04 Å². The van der Waals surface area contributed by atoms with E-state index in [1.165, 1.54) is 6.33 Å². The Balaban J connectivity index is 2.14. The number of nitrogens with two attached hydrogens (primary N) is 1. The van der Waals surface area contributed by atoms with Crippen molar-refractivity contribution in [3.05, 3.63) is 28.8 Å². The highest BCUT2D eigenvalue weighted by Gasteiger charge is 2.27. The fourth-order valence-electron chi connectivity index (χ4n) is 2.48. The Morgan fingerprint density at radius 2 is 2.20 bits per heavy atom. The van der Waals surface area contributed by atoms with Gasteiger partial charge in [-0.3, -0.25) is 9.59 Å². The molecule has 2 heterocycles. The summed E-state index contributed by atoms with van der Waals surface area (Å²) in [4.78, 5) is 32.0. The number of nitrogen functional groups attached to an aromatic ring is 1. The lowest BCUT2D eigenvalue weighted by Crippen LogP contribution is -2.54. The second-order valence-electron chi connectivity index (χ2n) is 4.82. The fourth-order valence-corrected chi connectivity index (χ4v) is 2.48. The summed E-state index contributed by atoms with van der Waals surface area (Å²) in [5, 5.41) is 3.25. The van der Waals surface area contributed by atoms with E-state index in [4.69, 9.17) is 5.73 Å². The van der Waals surface area contributed by atoms with Crippen LogP contribution in [0.25, 0.3) is 10.9 Å². The standard InChI is InChI=1S/C13H15N5O2/c1-7-12(19)15-2-3-18(7)11-5-10-8(4-9(11)14)13(20)17-6-16-10/h4-7H,2-3,14H2,1H3,(H,15,19)(H,16,17,20). The number of nitrogens with zero attached hydrogens (tertiary/aromatic N) is 2. The Morgan fingerprint density at radius 3 is 3.00 bits per heavy atom. The zero-order valence-electron chi connectivity index (χ0n) is 11.0. The average Bonchev–Trinajstić information content (AvgIpc) is 2.43. The average molecular weight is 273 g/mol. The van der Waals surface area contributed by atoms with Gasteiger partial charge in [-0.05, 0) is 19.1 Å². The molecule has 2 aromatic rings. The number of amides is 1. The number of aromatic nitrogens is 2. The second-order valence-corrected chi connectivity index (χ2v) is 4.82. The maximum absolute atomic E-state index is 11.7. The number of anilines is 2. The molecule has 0 aliphatic carbocycles. The van der Waals surface area contributed by atoms with Crippen molar-refractivity contribution in [2.24, 2.45) is 0 Å². The van der Waals surface area contributed by atoms with Crippen molar-refractivity contribution in [3.63, 3.8) is 0 Å². The number of carbonyl (C=O) groups is 1. The van der Waals surface area contributed by atoms with Crippen LogP contribution in [0.15, 0.2) is 23.3 Å². The maximum atomic E-state index is 11.7. The molecule has 7 heteroatoms. The van der Waals surface area contributed by atoms with Crippen LogP contribution in [-0.4, -0.2) is 35.0 Å². The van der Waals surface area contributed by atoms with Crippen molar-refractivity contribution >= 4 is 28.2 Å². The lowest BCUT2D eigenvalue weighted by atomic mass is 10.1. The Labute approximate surface area is 114 Å². The molecule has 1 aliphatic rings. The van der Waals surface area contributed by atoms with Crippen molar-refractivity contribution in [2.45, 2.75) is 13.0 Å². The zero-order chi connectivity index (χ0) is 14.3. The number of nitrogens with one attached hydrogen (secondary N) is 2. The molecule has 1 unspecified atom stereocenters. The third-order valence-corrected chi connectivity index (χ3v) is 3.60. The molecule has 1 aromatic heterocycles. The Hall–Kier alpha value is -2.57. The predicted molar refractivity (Wildman–Crippen MR) is 76.6 cm³/mol. The van der Waals surface area contributed by atoms with Gasteiger partial charge in [0.2, 0.25) is 5.91 Å². The van der Waals surface area contributed by atoms with E-state index in [9.17, 15) is 9.59 Å². The minimum Gasteiger partial charge on any atom is -0.397 e. The summed E-state index contributed by atoms with van der Waals surface area (Å²) in [5.74, 6) is -0.0328. The minimum absolute atomic E-state index is 0.0328. The van der Waals surface area contributed by atoms with Crippen molar-refractivity contribution in [2.75, 3.05) is 23.7 Å². The quantitative estimate of drug-likeness (QED) is 0.626. The Morgan fingerprint density at radius 1 is 1.40 bits per heavy atom. The number of rotatable bonds is 1. The molecule has 4 N–H and O–H groups in total.